The number of benzene rings is 1. The predicted octanol–water partition coefficient (Wildman–Crippen LogP) is 0.233. The Morgan fingerprint density at radius 2 is 1.56 bits per heavy atom. The van der Waals surface area contributed by atoms with E-state index in [1.165, 1.54) is 11.8 Å². The molecule has 1 aromatic rings. The van der Waals surface area contributed by atoms with Gasteiger partial charge in [-0.25, -0.2) is 4.79 Å². The number of carboxylic acids is 1. The minimum absolute atomic E-state index is 0.175. The molecular formula is C21H32N4O5S2. The Labute approximate surface area is 197 Å². The molecule has 9 nitrogen and oxygen atoms in total. The van der Waals surface area contributed by atoms with Crippen LogP contribution in [0, 0.1) is 0 Å². The molecule has 0 heterocycles. The van der Waals surface area contributed by atoms with Crippen LogP contribution in [-0.2, 0) is 25.6 Å². The van der Waals surface area contributed by atoms with Gasteiger partial charge in [0.1, 0.15) is 12.1 Å². The van der Waals surface area contributed by atoms with Gasteiger partial charge in [0.25, 0.3) is 0 Å². The lowest BCUT2D eigenvalue weighted by Gasteiger charge is -2.22. The topological polar surface area (TPSA) is 151 Å². The number of thioether (sulfide) groups is 2. The molecule has 6 N–H and O–H groups in total. The number of hydrogen-bond acceptors (Lipinski definition) is 7. The molecule has 0 saturated carbocycles. The van der Waals surface area contributed by atoms with Crippen molar-refractivity contribution in [3.63, 3.8) is 0 Å². The molecule has 1 rings (SSSR count). The summed E-state index contributed by atoms with van der Waals surface area (Å²) in [5, 5.41) is 17.0. The number of rotatable bonds is 15. The van der Waals surface area contributed by atoms with E-state index in [1.807, 2.05) is 18.6 Å². The van der Waals surface area contributed by atoms with Gasteiger partial charge in [-0.2, -0.15) is 23.5 Å². The number of carbonyl (C=O) groups excluding carboxylic acids is 3. The minimum atomic E-state index is -1.14. The van der Waals surface area contributed by atoms with Crippen LogP contribution in [0.15, 0.2) is 30.3 Å². The summed E-state index contributed by atoms with van der Waals surface area (Å²) in [5.74, 6) is -1.46. The van der Waals surface area contributed by atoms with Gasteiger partial charge in [0.2, 0.25) is 17.7 Å². The Bertz CT molecular complexity index is 751. The second-order valence-electron chi connectivity index (χ2n) is 7.10. The smallest absolute Gasteiger partial charge is 0.326 e. The molecule has 1 aromatic carbocycles. The van der Waals surface area contributed by atoms with Gasteiger partial charge in [0.15, 0.2) is 0 Å². The number of aliphatic carboxylic acids is 1. The Morgan fingerprint density at radius 3 is 2.16 bits per heavy atom. The molecule has 3 atom stereocenters. The summed E-state index contributed by atoms with van der Waals surface area (Å²) in [6.45, 7) is -0.334. The maximum atomic E-state index is 12.8. The molecule has 0 radical (unpaired) electrons. The molecule has 11 heteroatoms. The van der Waals surface area contributed by atoms with E-state index in [-0.39, 0.29) is 19.4 Å². The molecule has 3 unspecified atom stereocenters. The van der Waals surface area contributed by atoms with Crippen molar-refractivity contribution in [3.8, 4) is 0 Å². The van der Waals surface area contributed by atoms with Crippen LogP contribution < -0.4 is 21.7 Å². The van der Waals surface area contributed by atoms with Crippen LogP contribution in [0.4, 0.5) is 0 Å². The third-order valence-corrected chi connectivity index (χ3v) is 5.84. The number of carboxylic acid groups (broad SMARTS) is 1. The fourth-order valence-corrected chi connectivity index (χ4v) is 3.71. The number of carbonyl (C=O) groups is 4. The van der Waals surface area contributed by atoms with Crippen LogP contribution in [0.2, 0.25) is 0 Å². The zero-order valence-electron chi connectivity index (χ0n) is 18.3. The molecule has 0 saturated heterocycles. The maximum Gasteiger partial charge on any atom is 0.326 e. The minimum Gasteiger partial charge on any atom is -0.480 e. The highest BCUT2D eigenvalue weighted by atomic mass is 32.2. The highest BCUT2D eigenvalue weighted by Crippen LogP contribution is 2.06. The van der Waals surface area contributed by atoms with Crippen molar-refractivity contribution in [2.45, 2.75) is 37.4 Å². The normalized spacial score (nSPS) is 13.5. The van der Waals surface area contributed by atoms with Gasteiger partial charge >= 0.3 is 5.97 Å². The summed E-state index contributed by atoms with van der Waals surface area (Å²) < 4.78 is 0. The Balaban J connectivity index is 2.78. The van der Waals surface area contributed by atoms with Gasteiger partial charge in [-0.3, -0.25) is 14.4 Å². The fraction of sp³-hybridized carbons (Fsp3) is 0.524. The van der Waals surface area contributed by atoms with Crippen molar-refractivity contribution in [1.29, 1.82) is 0 Å². The van der Waals surface area contributed by atoms with Crippen molar-refractivity contribution < 1.29 is 24.3 Å². The molecule has 0 aromatic heterocycles. The summed E-state index contributed by atoms with van der Waals surface area (Å²) in [6, 6.07) is 6.29. The molecule has 0 fully saturated rings. The van der Waals surface area contributed by atoms with Crippen LogP contribution in [0.1, 0.15) is 18.4 Å². The van der Waals surface area contributed by atoms with E-state index in [0.29, 0.717) is 12.2 Å². The predicted molar refractivity (Wildman–Crippen MR) is 129 cm³/mol. The highest BCUT2D eigenvalue weighted by Gasteiger charge is 2.27. The number of nitrogens with one attached hydrogen (secondary N) is 3. The lowest BCUT2D eigenvalue weighted by molar-refractivity contribution is -0.142. The summed E-state index contributed by atoms with van der Waals surface area (Å²) >= 11 is 3.05. The monoisotopic (exact) mass is 484 g/mol. The Morgan fingerprint density at radius 1 is 0.938 bits per heavy atom. The van der Waals surface area contributed by atoms with Crippen LogP contribution in [0.3, 0.4) is 0 Å². The third-order valence-electron chi connectivity index (χ3n) is 4.55. The van der Waals surface area contributed by atoms with E-state index < -0.39 is 41.8 Å². The number of amides is 3. The summed E-state index contributed by atoms with van der Waals surface area (Å²) in [5.41, 5.74) is 6.58. The van der Waals surface area contributed by atoms with Gasteiger partial charge in [-0.05, 0) is 42.4 Å². The lowest BCUT2D eigenvalue weighted by Crippen LogP contribution is -2.54. The Hall–Kier alpha value is -2.24. The standard InChI is InChI=1S/C21H32N4O5S2/c1-31-10-8-15(22)19(27)23-13-18(26)24-17(12-14-6-4-3-5-7-14)20(28)25-16(21(29)30)9-11-32-2/h3-7,15-17H,8-13,22H2,1-2H3,(H,23,27)(H,24,26)(H,25,28)(H,29,30). The van der Waals surface area contributed by atoms with Crippen molar-refractivity contribution in [1.82, 2.24) is 16.0 Å². The zero-order valence-corrected chi connectivity index (χ0v) is 20.0. The maximum absolute atomic E-state index is 12.8. The molecule has 0 spiro atoms. The lowest BCUT2D eigenvalue weighted by atomic mass is 10.0. The van der Waals surface area contributed by atoms with Crippen molar-refractivity contribution in [3.05, 3.63) is 35.9 Å². The molecule has 3 amide bonds. The summed E-state index contributed by atoms with van der Waals surface area (Å²) in [4.78, 5) is 48.7. The second-order valence-corrected chi connectivity index (χ2v) is 9.07. The zero-order chi connectivity index (χ0) is 23.9. The van der Waals surface area contributed by atoms with E-state index in [0.717, 1.165) is 11.3 Å². The van der Waals surface area contributed by atoms with Crippen LogP contribution in [0.5, 0.6) is 0 Å². The fourth-order valence-electron chi connectivity index (χ4n) is 2.74. The molecule has 0 aliphatic heterocycles. The van der Waals surface area contributed by atoms with E-state index in [1.54, 1.807) is 36.0 Å². The SMILES string of the molecule is CSCCC(N)C(=O)NCC(=O)NC(Cc1ccccc1)C(=O)NC(CCSC)C(=O)O. The van der Waals surface area contributed by atoms with Gasteiger partial charge in [0.05, 0.1) is 12.6 Å². The number of nitrogens with two attached hydrogens (primary N) is 1. The number of hydrogen-bond donors (Lipinski definition) is 5. The second kappa shape index (κ2) is 15.5. The molecule has 0 bridgehead atoms. The van der Waals surface area contributed by atoms with Crippen LogP contribution in [-0.4, -0.2) is 77.5 Å². The first-order valence-corrected chi connectivity index (χ1v) is 12.9. The average molecular weight is 485 g/mol. The third kappa shape index (κ3) is 10.9. The van der Waals surface area contributed by atoms with Crippen LogP contribution >= 0.6 is 23.5 Å². The van der Waals surface area contributed by atoms with Gasteiger partial charge in [-0.15, -0.1) is 0 Å². The molecule has 32 heavy (non-hydrogen) atoms. The first-order valence-electron chi connectivity index (χ1n) is 10.2. The molecule has 0 aliphatic carbocycles. The summed E-state index contributed by atoms with van der Waals surface area (Å²) in [7, 11) is 0. The van der Waals surface area contributed by atoms with E-state index in [9.17, 15) is 24.3 Å². The first-order chi connectivity index (χ1) is 15.3. The summed E-state index contributed by atoms with van der Waals surface area (Å²) in [6.07, 6.45) is 4.68. The molecule has 178 valence electrons. The largest absolute Gasteiger partial charge is 0.480 e. The molecular weight excluding hydrogens is 452 g/mol. The van der Waals surface area contributed by atoms with E-state index >= 15 is 0 Å². The van der Waals surface area contributed by atoms with E-state index in [2.05, 4.69) is 16.0 Å². The quantitative estimate of drug-likeness (QED) is 0.237. The van der Waals surface area contributed by atoms with Gasteiger partial charge in [-0.1, -0.05) is 30.3 Å². The van der Waals surface area contributed by atoms with Crippen molar-refractivity contribution in [2.75, 3.05) is 30.6 Å². The van der Waals surface area contributed by atoms with Gasteiger partial charge in [0, 0.05) is 6.42 Å². The van der Waals surface area contributed by atoms with Crippen molar-refractivity contribution >= 4 is 47.2 Å². The van der Waals surface area contributed by atoms with Gasteiger partial charge < -0.3 is 26.8 Å². The van der Waals surface area contributed by atoms with Crippen LogP contribution in [0.25, 0.3) is 0 Å². The Kier molecular flexibility index (Phi) is 13.5. The van der Waals surface area contributed by atoms with Crippen molar-refractivity contribution in [2.24, 2.45) is 5.73 Å². The van der Waals surface area contributed by atoms with E-state index in [4.69, 9.17) is 5.73 Å². The first kappa shape index (κ1) is 27.8. The molecule has 0 aliphatic rings. The highest BCUT2D eigenvalue weighted by molar-refractivity contribution is 7.98. The average Bonchev–Trinajstić information content (AvgIpc) is 2.78.